The van der Waals surface area contributed by atoms with Crippen LogP contribution in [0.4, 0.5) is 16.2 Å². The maximum atomic E-state index is 13.0. The van der Waals surface area contributed by atoms with E-state index in [0.29, 0.717) is 40.6 Å². The van der Waals surface area contributed by atoms with E-state index in [0.717, 1.165) is 0 Å². The highest BCUT2D eigenvalue weighted by molar-refractivity contribution is 6.30. The van der Waals surface area contributed by atoms with E-state index < -0.39 is 6.04 Å². The molecule has 8 heteroatoms. The number of carbonyl (C=O) groups excluding carboxylic acids is 2. The van der Waals surface area contributed by atoms with E-state index >= 15 is 0 Å². The van der Waals surface area contributed by atoms with Crippen molar-refractivity contribution in [2.24, 2.45) is 5.92 Å². The van der Waals surface area contributed by atoms with Crippen molar-refractivity contribution >= 4 is 34.9 Å². The lowest BCUT2D eigenvalue weighted by Gasteiger charge is -2.24. The van der Waals surface area contributed by atoms with Gasteiger partial charge in [-0.2, -0.15) is 0 Å². The molecule has 170 valence electrons. The van der Waals surface area contributed by atoms with Crippen molar-refractivity contribution < 1.29 is 9.59 Å². The summed E-state index contributed by atoms with van der Waals surface area (Å²) in [6.45, 7) is 4.28. The van der Waals surface area contributed by atoms with Gasteiger partial charge in [0.2, 0.25) is 5.91 Å². The molecule has 0 aliphatic carbocycles. The highest BCUT2D eigenvalue weighted by Gasteiger charge is 2.38. The van der Waals surface area contributed by atoms with E-state index in [1.165, 1.54) is 0 Å². The number of amides is 3. The van der Waals surface area contributed by atoms with Crippen LogP contribution in [0.5, 0.6) is 0 Å². The van der Waals surface area contributed by atoms with Crippen LogP contribution in [0.25, 0.3) is 5.69 Å². The Morgan fingerprint density at radius 1 is 0.970 bits per heavy atom. The molecular weight excluding hydrogens is 440 g/mol. The van der Waals surface area contributed by atoms with Crippen molar-refractivity contribution in [3.8, 4) is 5.69 Å². The predicted octanol–water partition coefficient (Wildman–Crippen LogP) is 4.68. The normalized spacial score (nSPS) is 17.6. The van der Waals surface area contributed by atoms with Gasteiger partial charge in [0.05, 0.1) is 0 Å². The monoisotopic (exact) mass is 464 g/mol. The molecule has 1 aliphatic heterocycles. The first kappa shape index (κ1) is 22.6. The number of urea groups is 1. The van der Waals surface area contributed by atoms with E-state index in [9.17, 15) is 14.4 Å². The van der Waals surface area contributed by atoms with Crippen LogP contribution in [-0.4, -0.2) is 34.0 Å². The third-order valence-corrected chi connectivity index (χ3v) is 5.97. The van der Waals surface area contributed by atoms with Gasteiger partial charge < -0.3 is 15.5 Å². The Morgan fingerprint density at radius 3 is 2.30 bits per heavy atom. The van der Waals surface area contributed by atoms with E-state index in [4.69, 9.17) is 11.6 Å². The fourth-order valence-corrected chi connectivity index (χ4v) is 4.11. The van der Waals surface area contributed by atoms with Gasteiger partial charge in [0.25, 0.3) is 5.56 Å². The van der Waals surface area contributed by atoms with Crippen molar-refractivity contribution in [1.82, 2.24) is 9.47 Å². The van der Waals surface area contributed by atoms with Crippen LogP contribution in [0.15, 0.2) is 71.7 Å². The highest BCUT2D eigenvalue weighted by atomic mass is 35.5. The first-order chi connectivity index (χ1) is 15.8. The summed E-state index contributed by atoms with van der Waals surface area (Å²) in [5, 5.41) is 6.31. The minimum atomic E-state index is -0.577. The second-order valence-electron chi connectivity index (χ2n) is 8.35. The van der Waals surface area contributed by atoms with E-state index in [2.05, 4.69) is 10.6 Å². The number of pyridine rings is 1. The number of aryl methyl sites for hydroxylation is 1. The number of aromatic nitrogens is 1. The average Bonchev–Trinajstić information content (AvgIpc) is 3.20. The highest BCUT2D eigenvalue weighted by Crippen LogP contribution is 2.26. The van der Waals surface area contributed by atoms with E-state index in [1.54, 1.807) is 77.2 Å². The Kier molecular flexibility index (Phi) is 6.51. The first-order valence-corrected chi connectivity index (χ1v) is 11.1. The first-order valence-electron chi connectivity index (χ1n) is 10.7. The minimum absolute atomic E-state index is 0.0865. The molecule has 1 aliphatic rings. The summed E-state index contributed by atoms with van der Waals surface area (Å²) in [6, 6.07) is 16.6. The molecule has 3 aromatic rings. The second kappa shape index (κ2) is 9.50. The van der Waals surface area contributed by atoms with E-state index in [1.807, 2.05) is 13.0 Å². The number of hydrogen-bond acceptors (Lipinski definition) is 3. The molecule has 1 aromatic heterocycles. The summed E-state index contributed by atoms with van der Waals surface area (Å²) >= 11 is 5.90. The van der Waals surface area contributed by atoms with Gasteiger partial charge >= 0.3 is 6.03 Å². The second-order valence-corrected chi connectivity index (χ2v) is 8.78. The van der Waals surface area contributed by atoms with Crippen molar-refractivity contribution in [3.05, 3.63) is 87.8 Å². The smallest absolute Gasteiger partial charge is 0.322 e. The average molecular weight is 465 g/mol. The lowest BCUT2D eigenvalue weighted by atomic mass is 10.1. The zero-order chi connectivity index (χ0) is 23.5. The number of halogens is 1. The van der Waals surface area contributed by atoms with Gasteiger partial charge in [-0.25, -0.2) is 4.79 Å². The zero-order valence-electron chi connectivity index (χ0n) is 18.4. The third-order valence-electron chi connectivity index (χ3n) is 5.72. The molecule has 0 radical (unpaired) electrons. The maximum Gasteiger partial charge on any atom is 0.322 e. The largest absolute Gasteiger partial charge is 0.324 e. The molecule has 4 rings (SSSR count). The van der Waals surface area contributed by atoms with Crippen LogP contribution >= 0.6 is 11.6 Å². The molecule has 2 N–H and O–H groups in total. The van der Waals surface area contributed by atoms with Crippen LogP contribution < -0.4 is 16.2 Å². The van der Waals surface area contributed by atoms with E-state index in [-0.39, 0.29) is 23.4 Å². The molecule has 1 saturated heterocycles. The number of rotatable bonds is 4. The van der Waals surface area contributed by atoms with Crippen molar-refractivity contribution in [1.29, 1.82) is 0 Å². The summed E-state index contributed by atoms with van der Waals surface area (Å²) in [6.07, 6.45) is 2.29. The molecule has 2 unspecified atom stereocenters. The molecule has 0 spiro atoms. The molecule has 0 bridgehead atoms. The maximum absolute atomic E-state index is 13.0. The standard InChI is InChI=1S/C25H25ClN4O3/c1-16-14-22(30(15-16)25(33)28-20-7-5-18(26)6-8-20)23(31)27-19-9-11-21(12-10-19)29-13-3-4-17(2)24(29)32/h3-13,16,22H,14-15H2,1-2H3,(H,27,31)(H,28,33). The van der Waals surface area contributed by atoms with Gasteiger partial charge in [-0.3, -0.25) is 14.2 Å². The summed E-state index contributed by atoms with van der Waals surface area (Å²) in [4.78, 5) is 39.8. The predicted molar refractivity (Wildman–Crippen MR) is 130 cm³/mol. The van der Waals surface area contributed by atoms with Crippen molar-refractivity contribution in [2.45, 2.75) is 26.3 Å². The number of carbonyl (C=O) groups is 2. The van der Waals surface area contributed by atoms with Gasteiger partial charge in [-0.05, 0) is 73.9 Å². The quantitative estimate of drug-likeness (QED) is 0.588. The Balaban J connectivity index is 1.45. The number of benzene rings is 2. The van der Waals surface area contributed by atoms with Crippen LogP contribution in [0.1, 0.15) is 18.9 Å². The molecule has 7 nitrogen and oxygen atoms in total. The Morgan fingerprint density at radius 2 is 1.61 bits per heavy atom. The number of hydrogen-bond donors (Lipinski definition) is 2. The van der Waals surface area contributed by atoms with Gasteiger partial charge in [-0.15, -0.1) is 0 Å². The lowest BCUT2D eigenvalue weighted by Crippen LogP contribution is -2.45. The molecular formula is C25H25ClN4O3. The van der Waals surface area contributed by atoms with Crippen LogP contribution in [0.2, 0.25) is 5.02 Å². The minimum Gasteiger partial charge on any atom is -0.324 e. The molecule has 33 heavy (non-hydrogen) atoms. The number of nitrogens with one attached hydrogen (secondary N) is 2. The fraction of sp³-hybridized carbons (Fsp3) is 0.240. The topological polar surface area (TPSA) is 83.4 Å². The van der Waals surface area contributed by atoms with Crippen LogP contribution in [-0.2, 0) is 4.79 Å². The molecule has 2 aromatic carbocycles. The number of likely N-dealkylation sites (tertiary alicyclic amines) is 1. The van der Waals surface area contributed by atoms with Gasteiger partial charge in [-0.1, -0.05) is 24.6 Å². The third kappa shape index (κ3) is 5.09. The van der Waals surface area contributed by atoms with Gasteiger partial charge in [0, 0.05) is 40.4 Å². The van der Waals surface area contributed by atoms with Crippen LogP contribution in [0, 0.1) is 12.8 Å². The molecule has 3 amide bonds. The van der Waals surface area contributed by atoms with Crippen molar-refractivity contribution in [3.63, 3.8) is 0 Å². The molecule has 2 atom stereocenters. The molecule has 1 fully saturated rings. The Bertz CT molecular complexity index is 1220. The number of anilines is 2. The molecule has 0 saturated carbocycles. The van der Waals surface area contributed by atoms with Gasteiger partial charge in [0.15, 0.2) is 0 Å². The summed E-state index contributed by atoms with van der Waals surface area (Å²) in [5.74, 6) is -0.0432. The zero-order valence-corrected chi connectivity index (χ0v) is 19.2. The Labute approximate surface area is 197 Å². The summed E-state index contributed by atoms with van der Waals surface area (Å²) in [7, 11) is 0. The Hall–Kier alpha value is -3.58. The van der Waals surface area contributed by atoms with Crippen LogP contribution in [0.3, 0.4) is 0 Å². The SMILES string of the molecule is Cc1cccn(-c2ccc(NC(=O)C3CC(C)CN3C(=O)Nc3ccc(Cl)cc3)cc2)c1=O. The lowest BCUT2D eigenvalue weighted by molar-refractivity contribution is -0.119. The van der Waals surface area contributed by atoms with Gasteiger partial charge in [0.1, 0.15) is 6.04 Å². The number of nitrogens with zero attached hydrogens (tertiary/aromatic N) is 2. The van der Waals surface area contributed by atoms with Crippen molar-refractivity contribution in [2.75, 3.05) is 17.2 Å². The summed E-state index contributed by atoms with van der Waals surface area (Å²) < 4.78 is 1.56. The summed E-state index contributed by atoms with van der Waals surface area (Å²) in [5.41, 5.74) is 2.49. The molecule has 2 heterocycles. The fourth-order valence-electron chi connectivity index (χ4n) is 3.98.